The predicted octanol–water partition coefficient (Wildman–Crippen LogP) is 5.40. The maximum absolute atomic E-state index is 13.0. The van der Waals surface area contributed by atoms with Crippen LogP contribution in [0.25, 0.3) is 11.1 Å². The van der Waals surface area contributed by atoms with Gasteiger partial charge in [0.1, 0.15) is 12.6 Å². The Morgan fingerprint density at radius 2 is 1.60 bits per heavy atom. The number of carbonyl (C=O) groups is 3. The van der Waals surface area contributed by atoms with Gasteiger partial charge in [-0.3, -0.25) is 4.79 Å². The number of carboxylic acid groups (broad SMARTS) is 1. The van der Waals surface area contributed by atoms with Gasteiger partial charge in [-0.25, -0.2) is 9.59 Å². The number of carboxylic acids is 1. The molecule has 7 nitrogen and oxygen atoms in total. The molecule has 0 aromatic heterocycles. The highest BCUT2D eigenvalue weighted by Gasteiger charge is 2.38. The van der Waals surface area contributed by atoms with Crippen molar-refractivity contribution in [1.29, 1.82) is 0 Å². The van der Waals surface area contributed by atoms with Crippen LogP contribution < -0.4 is 10.6 Å². The lowest BCUT2D eigenvalue weighted by Crippen LogP contribution is -2.45. The van der Waals surface area contributed by atoms with Crippen LogP contribution >= 0.6 is 15.9 Å². The third-order valence-electron chi connectivity index (χ3n) is 6.41. The zero-order valence-electron chi connectivity index (χ0n) is 18.7. The maximum Gasteiger partial charge on any atom is 0.407 e. The minimum absolute atomic E-state index is 0.0154. The number of aromatic carboxylic acids is 1. The highest BCUT2D eigenvalue weighted by Crippen LogP contribution is 2.44. The standard InChI is InChI=1S/C27H23BrN2O5/c28-17-11-16(26(32)33)12-18(13-17)29-25(31)24(15-9-10-15)30-27(34)35-14-23-21-7-3-1-5-19(21)20-6-2-4-8-22(20)23/h1-8,11-13,15,23-24H,9-10,14H2,(H,29,31)(H,30,34)(H,32,33). The van der Waals surface area contributed by atoms with Crippen LogP contribution in [0.4, 0.5) is 10.5 Å². The first-order valence-corrected chi connectivity index (χ1v) is 12.2. The minimum Gasteiger partial charge on any atom is -0.478 e. The highest BCUT2D eigenvalue weighted by molar-refractivity contribution is 9.10. The Balaban J connectivity index is 1.25. The lowest BCUT2D eigenvalue weighted by molar-refractivity contribution is -0.118. The number of fused-ring (bicyclic) bond motifs is 3. The molecule has 0 radical (unpaired) electrons. The van der Waals surface area contributed by atoms with Gasteiger partial charge in [-0.2, -0.15) is 0 Å². The number of nitrogens with one attached hydrogen (secondary N) is 2. The van der Waals surface area contributed by atoms with E-state index in [0.717, 1.165) is 35.1 Å². The van der Waals surface area contributed by atoms with Crippen molar-refractivity contribution < 1.29 is 24.2 Å². The molecule has 178 valence electrons. The fourth-order valence-electron chi connectivity index (χ4n) is 4.60. The van der Waals surface area contributed by atoms with E-state index in [0.29, 0.717) is 10.2 Å². The van der Waals surface area contributed by atoms with Gasteiger partial charge in [-0.15, -0.1) is 0 Å². The van der Waals surface area contributed by atoms with Gasteiger partial charge in [0.05, 0.1) is 5.56 Å². The van der Waals surface area contributed by atoms with Crippen molar-refractivity contribution in [3.8, 4) is 11.1 Å². The number of hydrogen-bond acceptors (Lipinski definition) is 4. The molecule has 2 aliphatic carbocycles. The molecule has 35 heavy (non-hydrogen) atoms. The number of carbonyl (C=O) groups excluding carboxylic acids is 2. The molecule has 0 aliphatic heterocycles. The second kappa shape index (κ2) is 9.54. The molecule has 5 rings (SSSR count). The summed E-state index contributed by atoms with van der Waals surface area (Å²) >= 11 is 3.26. The maximum atomic E-state index is 13.0. The number of benzene rings is 3. The summed E-state index contributed by atoms with van der Waals surface area (Å²) in [6.45, 7) is 0.159. The Hall–Kier alpha value is -3.65. The monoisotopic (exact) mass is 534 g/mol. The molecule has 0 saturated heterocycles. The SMILES string of the molecule is O=C(NC(C(=O)Nc1cc(Br)cc(C(=O)O)c1)C1CC1)OCC1c2ccccc2-c2ccccc21. The van der Waals surface area contributed by atoms with E-state index in [9.17, 15) is 19.5 Å². The topological polar surface area (TPSA) is 105 Å². The van der Waals surface area contributed by atoms with Crippen molar-refractivity contribution in [2.24, 2.45) is 5.92 Å². The van der Waals surface area contributed by atoms with Crippen LogP contribution in [0.2, 0.25) is 0 Å². The summed E-state index contributed by atoms with van der Waals surface area (Å²) in [5.74, 6) is -1.56. The summed E-state index contributed by atoms with van der Waals surface area (Å²) < 4.78 is 6.13. The van der Waals surface area contributed by atoms with E-state index in [1.807, 2.05) is 36.4 Å². The summed E-state index contributed by atoms with van der Waals surface area (Å²) in [5.41, 5.74) is 4.89. The third-order valence-corrected chi connectivity index (χ3v) is 6.86. The Bertz CT molecular complexity index is 1270. The molecule has 1 unspecified atom stereocenters. The first kappa shape index (κ1) is 23.1. The molecule has 3 aromatic carbocycles. The molecular formula is C27H23BrN2O5. The molecule has 1 saturated carbocycles. The van der Waals surface area contributed by atoms with Gasteiger partial charge in [0, 0.05) is 16.1 Å². The number of rotatable bonds is 7. The van der Waals surface area contributed by atoms with Gasteiger partial charge in [0.15, 0.2) is 0 Å². The van der Waals surface area contributed by atoms with Gasteiger partial charge in [0.25, 0.3) is 0 Å². The van der Waals surface area contributed by atoms with Crippen molar-refractivity contribution in [2.75, 3.05) is 11.9 Å². The summed E-state index contributed by atoms with van der Waals surface area (Å²) in [6, 6.07) is 19.8. The number of alkyl carbamates (subject to hydrolysis) is 1. The molecule has 2 aliphatic rings. The smallest absolute Gasteiger partial charge is 0.407 e. The third kappa shape index (κ3) is 4.93. The predicted molar refractivity (Wildman–Crippen MR) is 134 cm³/mol. The number of ether oxygens (including phenoxy) is 1. The quantitative estimate of drug-likeness (QED) is 0.376. The molecule has 1 atom stereocenters. The van der Waals surface area contributed by atoms with Crippen LogP contribution in [-0.2, 0) is 9.53 Å². The van der Waals surface area contributed by atoms with Gasteiger partial charge in [-0.1, -0.05) is 64.5 Å². The largest absolute Gasteiger partial charge is 0.478 e. The molecule has 8 heteroatoms. The van der Waals surface area contributed by atoms with Gasteiger partial charge in [0.2, 0.25) is 5.91 Å². The van der Waals surface area contributed by atoms with E-state index < -0.39 is 24.0 Å². The van der Waals surface area contributed by atoms with Crippen molar-refractivity contribution >= 4 is 39.6 Å². The average Bonchev–Trinajstić information content (AvgIpc) is 3.63. The number of amides is 2. The van der Waals surface area contributed by atoms with E-state index in [-0.39, 0.29) is 24.0 Å². The van der Waals surface area contributed by atoms with Gasteiger partial charge in [-0.05, 0) is 59.2 Å². The van der Waals surface area contributed by atoms with E-state index in [2.05, 4.69) is 38.7 Å². The van der Waals surface area contributed by atoms with Crippen molar-refractivity contribution in [3.05, 3.63) is 87.9 Å². The van der Waals surface area contributed by atoms with E-state index >= 15 is 0 Å². The van der Waals surface area contributed by atoms with Crippen LogP contribution in [-0.4, -0.2) is 35.7 Å². The average molecular weight is 535 g/mol. The van der Waals surface area contributed by atoms with Crippen LogP contribution in [0.3, 0.4) is 0 Å². The van der Waals surface area contributed by atoms with E-state index in [1.165, 1.54) is 12.1 Å². The summed E-state index contributed by atoms with van der Waals surface area (Å²) in [4.78, 5) is 37.0. The summed E-state index contributed by atoms with van der Waals surface area (Å²) in [6.07, 6.45) is 0.987. The number of anilines is 1. The second-order valence-electron chi connectivity index (χ2n) is 8.81. The lowest BCUT2D eigenvalue weighted by atomic mass is 9.98. The Morgan fingerprint density at radius 3 is 2.20 bits per heavy atom. The highest BCUT2D eigenvalue weighted by atomic mass is 79.9. The summed E-state index contributed by atoms with van der Waals surface area (Å²) in [5, 5.41) is 14.7. The Kier molecular flexibility index (Phi) is 6.30. The second-order valence-corrected chi connectivity index (χ2v) is 9.72. The molecular weight excluding hydrogens is 512 g/mol. The molecule has 2 amide bonds. The zero-order chi connectivity index (χ0) is 24.5. The molecule has 0 spiro atoms. The fourth-order valence-corrected chi connectivity index (χ4v) is 5.09. The Labute approximate surface area is 210 Å². The number of hydrogen-bond donors (Lipinski definition) is 3. The van der Waals surface area contributed by atoms with E-state index in [4.69, 9.17) is 4.74 Å². The normalized spacial score (nSPS) is 15.0. The molecule has 3 aromatic rings. The van der Waals surface area contributed by atoms with Crippen LogP contribution in [0.5, 0.6) is 0 Å². The van der Waals surface area contributed by atoms with Crippen molar-refractivity contribution in [3.63, 3.8) is 0 Å². The number of halogens is 1. The molecule has 3 N–H and O–H groups in total. The minimum atomic E-state index is -1.10. The summed E-state index contributed by atoms with van der Waals surface area (Å²) in [7, 11) is 0. The van der Waals surface area contributed by atoms with Crippen LogP contribution in [0.15, 0.2) is 71.2 Å². The van der Waals surface area contributed by atoms with Crippen molar-refractivity contribution in [1.82, 2.24) is 5.32 Å². The first-order chi connectivity index (χ1) is 16.9. The molecule has 1 fully saturated rings. The van der Waals surface area contributed by atoms with E-state index in [1.54, 1.807) is 6.07 Å². The molecule has 0 bridgehead atoms. The fraction of sp³-hybridized carbons (Fsp3) is 0.222. The van der Waals surface area contributed by atoms with Gasteiger partial charge < -0.3 is 20.5 Å². The van der Waals surface area contributed by atoms with Crippen molar-refractivity contribution in [2.45, 2.75) is 24.8 Å². The van der Waals surface area contributed by atoms with Crippen LogP contribution in [0, 0.1) is 5.92 Å². The Morgan fingerprint density at radius 1 is 0.971 bits per heavy atom. The lowest BCUT2D eigenvalue weighted by Gasteiger charge is -2.19. The van der Waals surface area contributed by atoms with Gasteiger partial charge >= 0.3 is 12.1 Å². The first-order valence-electron chi connectivity index (χ1n) is 11.4. The van der Waals surface area contributed by atoms with Crippen LogP contribution in [0.1, 0.15) is 40.2 Å². The zero-order valence-corrected chi connectivity index (χ0v) is 20.2. The molecule has 0 heterocycles.